The molecule has 1 fully saturated rings. The molecule has 2 aliphatic rings. The van der Waals surface area contributed by atoms with Crippen molar-refractivity contribution in [3.63, 3.8) is 0 Å². The van der Waals surface area contributed by atoms with E-state index in [4.69, 9.17) is 14.2 Å². The first-order valence-electron chi connectivity index (χ1n) is 18.5. The maximum Gasteiger partial charge on any atom is 0.324 e. The number of anilines is 3. The van der Waals surface area contributed by atoms with E-state index in [-0.39, 0.29) is 35.4 Å². The number of urea groups is 1. The zero-order chi connectivity index (χ0) is 40.1. The zero-order valence-electron chi connectivity index (χ0n) is 31.7. The number of imidazole rings is 1. The van der Waals surface area contributed by atoms with Gasteiger partial charge in [0, 0.05) is 47.6 Å². The average molecular weight is 778 g/mol. The number of rotatable bonds is 15. The van der Waals surface area contributed by atoms with Crippen LogP contribution in [0.3, 0.4) is 0 Å². The number of H-pyrrole nitrogens is 1. The third-order valence-corrected chi connectivity index (χ3v) is 9.41. The number of nitrogens with zero attached hydrogens (tertiary/aromatic N) is 4. The highest BCUT2D eigenvalue weighted by molar-refractivity contribution is 6.25. The molecule has 0 radical (unpaired) electrons. The van der Waals surface area contributed by atoms with E-state index in [2.05, 4.69) is 36.4 Å². The number of aromatic amines is 1. The number of aromatic nitrogens is 4. The lowest BCUT2D eigenvalue weighted by atomic mass is 9.92. The summed E-state index contributed by atoms with van der Waals surface area (Å²) in [7, 11) is 0. The Morgan fingerprint density at radius 1 is 0.895 bits per heavy atom. The molecule has 6 amide bonds. The second kappa shape index (κ2) is 16.6. The van der Waals surface area contributed by atoms with Gasteiger partial charge in [-0.05, 0) is 55.0 Å². The topological polar surface area (TPSA) is 211 Å². The molecule has 2 aromatic heterocycles. The van der Waals surface area contributed by atoms with Crippen LogP contribution in [0.15, 0.2) is 73.1 Å². The zero-order valence-corrected chi connectivity index (χ0v) is 31.7. The third kappa shape index (κ3) is 8.79. The Morgan fingerprint density at radius 2 is 1.67 bits per heavy atom. The number of hydrogen-bond donors (Lipinski definition) is 5. The van der Waals surface area contributed by atoms with Crippen molar-refractivity contribution in [2.45, 2.75) is 45.1 Å². The molecule has 7 rings (SSSR count). The molecule has 3 aromatic carbocycles. The van der Waals surface area contributed by atoms with Gasteiger partial charge >= 0.3 is 6.03 Å². The van der Waals surface area contributed by atoms with Gasteiger partial charge in [0.25, 0.3) is 11.8 Å². The van der Waals surface area contributed by atoms with Crippen molar-refractivity contribution in [2.24, 2.45) is 0 Å². The Labute approximate surface area is 327 Å². The summed E-state index contributed by atoms with van der Waals surface area (Å²) < 4.78 is 19.1. The Bertz CT molecular complexity index is 2310. The fourth-order valence-electron chi connectivity index (χ4n) is 6.51. The van der Waals surface area contributed by atoms with Gasteiger partial charge in [-0.2, -0.15) is 5.10 Å². The number of carbonyl (C=O) groups excluding carboxylic acids is 5. The molecular formula is C40H43N9O8. The number of benzene rings is 3. The fourth-order valence-corrected chi connectivity index (χ4v) is 6.51. The number of fused-ring (bicyclic) bond motifs is 2. The van der Waals surface area contributed by atoms with Gasteiger partial charge in [0.05, 0.1) is 54.3 Å². The molecule has 0 spiro atoms. The molecule has 17 heteroatoms. The van der Waals surface area contributed by atoms with E-state index in [1.54, 1.807) is 24.5 Å². The molecule has 1 atom stereocenters. The molecule has 5 aromatic rings. The Kier molecular flexibility index (Phi) is 11.3. The third-order valence-electron chi connectivity index (χ3n) is 9.41. The first kappa shape index (κ1) is 38.7. The van der Waals surface area contributed by atoms with E-state index in [1.165, 1.54) is 0 Å². The maximum atomic E-state index is 13.2. The SMILES string of the molecule is CC(C)(C)c1cc(NC(=O)Nc2ccc(-n3cnc4cc(OCCOCCOCCNc5cccc6c5C(=O)N(C5CCC(=O)NC5=O)C6=O)ccc43)cc2)[nH]n1. The van der Waals surface area contributed by atoms with Crippen LogP contribution in [0.25, 0.3) is 16.7 Å². The van der Waals surface area contributed by atoms with Crippen molar-refractivity contribution < 1.29 is 38.2 Å². The molecule has 1 unspecified atom stereocenters. The highest BCUT2D eigenvalue weighted by atomic mass is 16.5. The lowest BCUT2D eigenvalue weighted by Gasteiger charge is -2.27. The minimum atomic E-state index is -1.02. The molecule has 296 valence electrons. The summed E-state index contributed by atoms with van der Waals surface area (Å²) in [4.78, 5) is 68.2. The predicted molar refractivity (Wildman–Crippen MR) is 210 cm³/mol. The first-order valence-corrected chi connectivity index (χ1v) is 18.5. The van der Waals surface area contributed by atoms with Crippen molar-refractivity contribution in [1.29, 1.82) is 0 Å². The van der Waals surface area contributed by atoms with Crippen LogP contribution in [0.1, 0.15) is 60.0 Å². The summed E-state index contributed by atoms with van der Waals surface area (Å²) in [6, 6.07) is 18.4. The van der Waals surface area contributed by atoms with Gasteiger partial charge < -0.3 is 24.8 Å². The number of piperidine rings is 1. The monoisotopic (exact) mass is 777 g/mol. The summed E-state index contributed by atoms with van der Waals surface area (Å²) in [6.07, 6.45) is 1.89. The largest absolute Gasteiger partial charge is 0.491 e. The van der Waals surface area contributed by atoms with E-state index in [1.807, 2.05) is 73.9 Å². The lowest BCUT2D eigenvalue weighted by Crippen LogP contribution is -2.54. The minimum Gasteiger partial charge on any atom is -0.491 e. The van der Waals surface area contributed by atoms with Crippen LogP contribution < -0.4 is 26.0 Å². The predicted octanol–water partition coefficient (Wildman–Crippen LogP) is 4.62. The van der Waals surface area contributed by atoms with E-state index in [0.717, 1.165) is 27.3 Å². The lowest BCUT2D eigenvalue weighted by molar-refractivity contribution is -0.136. The number of ether oxygens (including phenoxy) is 3. The van der Waals surface area contributed by atoms with Crippen LogP contribution in [0, 0.1) is 0 Å². The molecule has 17 nitrogen and oxygen atoms in total. The van der Waals surface area contributed by atoms with Gasteiger partial charge in [-0.25, -0.2) is 9.78 Å². The van der Waals surface area contributed by atoms with Crippen molar-refractivity contribution in [3.05, 3.63) is 89.9 Å². The van der Waals surface area contributed by atoms with Crippen molar-refractivity contribution in [1.82, 2.24) is 30.0 Å². The highest BCUT2D eigenvalue weighted by Crippen LogP contribution is 2.32. The highest BCUT2D eigenvalue weighted by Gasteiger charge is 2.45. The molecule has 2 aliphatic heterocycles. The molecular weight excluding hydrogens is 734 g/mol. The molecule has 4 heterocycles. The summed E-state index contributed by atoms with van der Waals surface area (Å²) in [6.45, 7) is 8.20. The van der Waals surface area contributed by atoms with Crippen LogP contribution in [-0.4, -0.2) is 99.9 Å². The number of imide groups is 2. The van der Waals surface area contributed by atoms with Gasteiger partial charge in [-0.3, -0.25) is 44.4 Å². The van der Waals surface area contributed by atoms with E-state index < -0.39 is 29.7 Å². The second-order valence-corrected chi connectivity index (χ2v) is 14.5. The summed E-state index contributed by atoms with van der Waals surface area (Å²) in [5, 5.41) is 18.1. The van der Waals surface area contributed by atoms with E-state index >= 15 is 0 Å². The fraction of sp³-hybridized carbons (Fsp3) is 0.325. The van der Waals surface area contributed by atoms with Gasteiger partial charge in [0.2, 0.25) is 11.8 Å². The molecule has 57 heavy (non-hydrogen) atoms. The molecule has 1 saturated heterocycles. The summed E-state index contributed by atoms with van der Waals surface area (Å²) in [5.74, 6) is -1.02. The van der Waals surface area contributed by atoms with Gasteiger partial charge in [0.15, 0.2) is 0 Å². The van der Waals surface area contributed by atoms with Crippen LogP contribution in [0.2, 0.25) is 0 Å². The Morgan fingerprint density at radius 3 is 2.42 bits per heavy atom. The van der Waals surface area contributed by atoms with E-state index in [9.17, 15) is 24.0 Å². The molecule has 0 aliphatic carbocycles. The smallest absolute Gasteiger partial charge is 0.324 e. The van der Waals surface area contributed by atoms with Crippen molar-refractivity contribution in [3.8, 4) is 11.4 Å². The van der Waals surface area contributed by atoms with Crippen LogP contribution in [0.5, 0.6) is 5.75 Å². The number of amides is 6. The van der Waals surface area contributed by atoms with Crippen LogP contribution in [-0.2, 0) is 24.5 Å². The van der Waals surface area contributed by atoms with Gasteiger partial charge in [0.1, 0.15) is 30.5 Å². The average Bonchev–Trinajstić information content (AvgIpc) is 3.89. The molecule has 0 bridgehead atoms. The first-order chi connectivity index (χ1) is 27.5. The summed E-state index contributed by atoms with van der Waals surface area (Å²) in [5.41, 5.74) is 4.75. The van der Waals surface area contributed by atoms with Crippen molar-refractivity contribution in [2.75, 3.05) is 55.5 Å². The quantitative estimate of drug-likeness (QED) is 0.0732. The molecule has 5 N–H and O–H groups in total. The standard InChI is InChI=1S/C40H43N9O8/c1-40(2,3)32-22-33(47-46-32)44-39(54)43-24-7-9-25(10-8-24)48-23-42-29-21-26(11-12-30(29)48)57-20-19-56-18-17-55-16-15-41-28-6-4-5-27-35(28)38(53)49(37(27)52)31-13-14-34(50)45-36(31)51/h4-12,21-23,31,41H,13-20H2,1-3H3,(H,45,50,51)(H3,43,44,46,47,54). The Balaban J connectivity index is 0.796. The normalized spacial score (nSPS) is 15.5. The number of carbonyl (C=O) groups is 5. The maximum absolute atomic E-state index is 13.2. The van der Waals surface area contributed by atoms with Crippen molar-refractivity contribution >= 4 is 57.9 Å². The number of nitrogens with one attached hydrogen (secondary N) is 5. The Hall–Kier alpha value is -6.59. The van der Waals surface area contributed by atoms with Gasteiger partial charge in [-0.1, -0.05) is 26.8 Å². The van der Waals surface area contributed by atoms with Crippen LogP contribution >= 0.6 is 0 Å². The summed E-state index contributed by atoms with van der Waals surface area (Å²) >= 11 is 0. The van der Waals surface area contributed by atoms with E-state index in [0.29, 0.717) is 62.5 Å². The van der Waals surface area contributed by atoms with Gasteiger partial charge in [-0.15, -0.1) is 0 Å². The van der Waals surface area contributed by atoms with Crippen LogP contribution in [0.4, 0.5) is 22.0 Å². The number of hydrogen-bond acceptors (Lipinski definition) is 11. The second-order valence-electron chi connectivity index (χ2n) is 14.5. The minimum absolute atomic E-state index is 0.0579. The molecule has 0 saturated carbocycles.